The van der Waals surface area contributed by atoms with Crippen molar-refractivity contribution in [1.82, 2.24) is 5.32 Å². The minimum atomic E-state index is -1.08. The number of benzene rings is 1. The first kappa shape index (κ1) is 11.8. The standard InChI is InChI=1S/C9H11N3O4/c13-9(14)11-6-5-10-7-1-3-8(4-2-7)12(15)16/h1-4,10-11H,5-6H2,(H,13,14). The number of carbonyl (C=O) groups is 1. The van der Waals surface area contributed by atoms with Gasteiger partial charge in [0.05, 0.1) is 4.92 Å². The normalized spacial score (nSPS) is 9.50. The Morgan fingerprint density at radius 3 is 2.44 bits per heavy atom. The first-order valence-electron chi connectivity index (χ1n) is 4.54. The predicted octanol–water partition coefficient (Wildman–Crippen LogP) is 1.27. The number of nitrogens with one attached hydrogen (secondary N) is 2. The lowest BCUT2D eigenvalue weighted by Gasteiger charge is -2.05. The molecule has 1 aromatic rings. The van der Waals surface area contributed by atoms with E-state index in [9.17, 15) is 14.9 Å². The van der Waals surface area contributed by atoms with Crippen molar-refractivity contribution in [3.05, 3.63) is 34.4 Å². The van der Waals surface area contributed by atoms with E-state index in [0.29, 0.717) is 12.2 Å². The van der Waals surface area contributed by atoms with Gasteiger partial charge in [-0.15, -0.1) is 0 Å². The molecule has 1 rings (SSSR count). The second-order valence-electron chi connectivity index (χ2n) is 2.96. The van der Waals surface area contributed by atoms with Crippen molar-refractivity contribution in [2.75, 3.05) is 18.4 Å². The first-order valence-corrected chi connectivity index (χ1v) is 4.54. The van der Waals surface area contributed by atoms with Crippen LogP contribution in [0, 0.1) is 10.1 Å². The number of nitro groups is 1. The minimum absolute atomic E-state index is 0.0224. The van der Waals surface area contributed by atoms with E-state index in [1.165, 1.54) is 12.1 Å². The van der Waals surface area contributed by atoms with Crippen LogP contribution in [0.15, 0.2) is 24.3 Å². The molecule has 0 heterocycles. The molecule has 0 atom stereocenters. The molecular formula is C9H11N3O4. The summed E-state index contributed by atoms with van der Waals surface area (Å²) in [4.78, 5) is 20.0. The molecule has 0 unspecified atom stereocenters. The third kappa shape index (κ3) is 3.82. The Balaban J connectivity index is 2.38. The monoisotopic (exact) mass is 225 g/mol. The fourth-order valence-electron chi connectivity index (χ4n) is 1.08. The van der Waals surface area contributed by atoms with Gasteiger partial charge in [-0.3, -0.25) is 10.1 Å². The highest BCUT2D eigenvalue weighted by Crippen LogP contribution is 2.14. The number of hydrogen-bond donors (Lipinski definition) is 3. The molecule has 3 N–H and O–H groups in total. The van der Waals surface area contributed by atoms with Crippen LogP contribution in [0.3, 0.4) is 0 Å². The maximum atomic E-state index is 10.4. The molecule has 0 radical (unpaired) electrons. The highest BCUT2D eigenvalue weighted by Gasteiger charge is 2.03. The molecule has 0 aliphatic heterocycles. The molecule has 0 spiro atoms. The van der Waals surface area contributed by atoms with E-state index in [-0.39, 0.29) is 12.2 Å². The lowest BCUT2D eigenvalue weighted by atomic mass is 10.3. The Morgan fingerprint density at radius 2 is 1.94 bits per heavy atom. The van der Waals surface area contributed by atoms with Crippen molar-refractivity contribution in [1.29, 1.82) is 0 Å². The highest BCUT2D eigenvalue weighted by molar-refractivity contribution is 5.64. The summed E-state index contributed by atoms with van der Waals surface area (Å²) < 4.78 is 0. The van der Waals surface area contributed by atoms with Crippen molar-refractivity contribution in [3.8, 4) is 0 Å². The third-order valence-corrected chi connectivity index (χ3v) is 1.81. The van der Waals surface area contributed by atoms with Crippen LogP contribution in [-0.4, -0.2) is 29.2 Å². The molecule has 16 heavy (non-hydrogen) atoms. The van der Waals surface area contributed by atoms with Crippen LogP contribution in [-0.2, 0) is 0 Å². The van der Waals surface area contributed by atoms with Gasteiger partial charge < -0.3 is 15.7 Å². The van der Waals surface area contributed by atoms with E-state index in [2.05, 4.69) is 10.6 Å². The molecule has 7 heteroatoms. The Hall–Kier alpha value is -2.31. The largest absolute Gasteiger partial charge is 0.465 e. The summed E-state index contributed by atoms with van der Waals surface area (Å²) in [5.41, 5.74) is 0.729. The van der Waals surface area contributed by atoms with Gasteiger partial charge in [0.15, 0.2) is 0 Å². The van der Waals surface area contributed by atoms with Crippen LogP contribution in [0.2, 0.25) is 0 Å². The van der Waals surface area contributed by atoms with Crippen LogP contribution < -0.4 is 10.6 Å². The molecular weight excluding hydrogens is 214 g/mol. The molecule has 1 aromatic carbocycles. The summed E-state index contributed by atoms with van der Waals surface area (Å²) in [5.74, 6) is 0. The third-order valence-electron chi connectivity index (χ3n) is 1.81. The Morgan fingerprint density at radius 1 is 1.31 bits per heavy atom. The molecule has 1 amide bonds. The fraction of sp³-hybridized carbons (Fsp3) is 0.222. The van der Waals surface area contributed by atoms with Gasteiger partial charge in [0.2, 0.25) is 0 Å². The summed E-state index contributed by atoms with van der Waals surface area (Å²) in [5, 5.41) is 23.8. The first-order chi connectivity index (χ1) is 7.59. The van der Waals surface area contributed by atoms with E-state index in [0.717, 1.165) is 0 Å². The van der Waals surface area contributed by atoms with Crippen molar-refractivity contribution in [2.45, 2.75) is 0 Å². The molecule has 0 aliphatic carbocycles. The van der Waals surface area contributed by atoms with E-state index in [1.807, 2.05) is 0 Å². The van der Waals surface area contributed by atoms with E-state index >= 15 is 0 Å². The van der Waals surface area contributed by atoms with E-state index in [4.69, 9.17) is 5.11 Å². The van der Waals surface area contributed by atoms with Crippen LogP contribution >= 0.6 is 0 Å². The van der Waals surface area contributed by atoms with Crippen LogP contribution in [0.5, 0.6) is 0 Å². The molecule has 0 bridgehead atoms. The smallest absolute Gasteiger partial charge is 0.404 e. The van der Waals surface area contributed by atoms with Crippen molar-refractivity contribution >= 4 is 17.5 Å². The lowest BCUT2D eigenvalue weighted by molar-refractivity contribution is -0.384. The van der Waals surface area contributed by atoms with Crippen molar-refractivity contribution in [3.63, 3.8) is 0 Å². The van der Waals surface area contributed by atoms with Crippen LogP contribution in [0.4, 0.5) is 16.2 Å². The second-order valence-corrected chi connectivity index (χ2v) is 2.96. The number of amides is 1. The topological polar surface area (TPSA) is 104 Å². The molecule has 0 aromatic heterocycles. The van der Waals surface area contributed by atoms with Crippen molar-refractivity contribution < 1.29 is 14.8 Å². The second kappa shape index (κ2) is 5.54. The number of non-ortho nitro benzene ring substituents is 1. The predicted molar refractivity (Wildman–Crippen MR) is 57.6 cm³/mol. The van der Waals surface area contributed by atoms with Crippen LogP contribution in [0.25, 0.3) is 0 Å². The summed E-state index contributed by atoms with van der Waals surface area (Å²) in [7, 11) is 0. The number of carboxylic acid groups (broad SMARTS) is 1. The number of hydrogen-bond acceptors (Lipinski definition) is 4. The summed E-state index contributed by atoms with van der Waals surface area (Å²) in [6.07, 6.45) is -1.08. The SMILES string of the molecule is O=C(O)NCCNc1ccc([N+](=O)[O-])cc1. The van der Waals surface area contributed by atoms with Gasteiger partial charge in [0, 0.05) is 30.9 Å². The average molecular weight is 225 g/mol. The number of nitro benzene ring substituents is 1. The van der Waals surface area contributed by atoms with Gasteiger partial charge in [0.1, 0.15) is 0 Å². The van der Waals surface area contributed by atoms with Gasteiger partial charge >= 0.3 is 6.09 Å². The fourth-order valence-corrected chi connectivity index (χ4v) is 1.08. The number of anilines is 1. The van der Waals surface area contributed by atoms with Gasteiger partial charge in [-0.05, 0) is 12.1 Å². The minimum Gasteiger partial charge on any atom is -0.465 e. The molecule has 7 nitrogen and oxygen atoms in total. The molecule has 0 saturated heterocycles. The van der Waals surface area contributed by atoms with Gasteiger partial charge in [-0.25, -0.2) is 4.79 Å². The zero-order valence-electron chi connectivity index (χ0n) is 8.34. The maximum absolute atomic E-state index is 10.4. The Kier molecular flexibility index (Phi) is 4.07. The molecule has 0 fully saturated rings. The maximum Gasteiger partial charge on any atom is 0.404 e. The molecule has 86 valence electrons. The molecule has 0 saturated carbocycles. The highest BCUT2D eigenvalue weighted by atomic mass is 16.6. The Bertz CT molecular complexity index is 377. The van der Waals surface area contributed by atoms with Gasteiger partial charge in [-0.1, -0.05) is 0 Å². The number of rotatable bonds is 5. The lowest BCUT2D eigenvalue weighted by Crippen LogP contribution is -2.26. The van der Waals surface area contributed by atoms with E-state index < -0.39 is 11.0 Å². The Labute approximate surface area is 91.2 Å². The summed E-state index contributed by atoms with van der Waals surface area (Å²) in [6, 6.07) is 5.90. The number of nitrogens with zero attached hydrogens (tertiary/aromatic N) is 1. The van der Waals surface area contributed by atoms with E-state index in [1.54, 1.807) is 12.1 Å². The summed E-state index contributed by atoms with van der Waals surface area (Å²) >= 11 is 0. The molecule has 0 aliphatic rings. The zero-order chi connectivity index (χ0) is 12.0. The quantitative estimate of drug-likeness (QED) is 0.397. The van der Waals surface area contributed by atoms with Gasteiger partial charge in [0.25, 0.3) is 5.69 Å². The summed E-state index contributed by atoms with van der Waals surface area (Å²) in [6.45, 7) is 0.691. The van der Waals surface area contributed by atoms with Crippen molar-refractivity contribution in [2.24, 2.45) is 0 Å². The van der Waals surface area contributed by atoms with Crippen LogP contribution in [0.1, 0.15) is 0 Å². The zero-order valence-corrected chi connectivity index (χ0v) is 8.34. The average Bonchev–Trinajstić information content (AvgIpc) is 2.25. The van der Waals surface area contributed by atoms with Gasteiger partial charge in [-0.2, -0.15) is 0 Å².